The number of allylic oxidation sites excluding steroid dienone is 4. The number of aryl methyl sites for hydroxylation is 1. The Morgan fingerprint density at radius 2 is 2.15 bits per heavy atom. The third kappa shape index (κ3) is 4.77. The van der Waals surface area contributed by atoms with Crippen LogP contribution in [0.2, 0.25) is 5.02 Å². The lowest BCUT2D eigenvalue weighted by atomic mass is 9.82. The SMILES string of the molecule is Cc1ccc(CNC[C@@H]2[C@@H](/C=C\CCCC(=O)O)[C@H]3C=C[C@@H]2C3)c(Cl)c1. The molecule has 1 aromatic carbocycles. The van der Waals surface area contributed by atoms with Gasteiger partial charge in [-0.15, -0.1) is 0 Å². The fraction of sp³-hybridized carbons (Fsp3) is 0.500. The van der Waals surface area contributed by atoms with Crippen LogP contribution in [0.1, 0.15) is 36.8 Å². The van der Waals surface area contributed by atoms with Crippen molar-refractivity contribution in [3.05, 3.63) is 58.7 Å². The first-order valence-electron chi connectivity index (χ1n) is 9.57. The van der Waals surface area contributed by atoms with Crippen molar-refractivity contribution in [2.24, 2.45) is 23.7 Å². The summed E-state index contributed by atoms with van der Waals surface area (Å²) in [6, 6.07) is 6.22. The lowest BCUT2D eigenvalue weighted by Crippen LogP contribution is -2.30. The van der Waals surface area contributed by atoms with E-state index in [-0.39, 0.29) is 6.42 Å². The molecule has 1 fully saturated rings. The Kier molecular flexibility index (Phi) is 6.55. The van der Waals surface area contributed by atoms with Crippen LogP contribution in [0.3, 0.4) is 0 Å². The second-order valence-corrected chi connectivity index (χ2v) is 8.04. The highest BCUT2D eigenvalue weighted by Crippen LogP contribution is 2.48. The van der Waals surface area contributed by atoms with Gasteiger partial charge in [-0.05, 0) is 73.6 Å². The number of hydrogen-bond donors (Lipinski definition) is 2. The molecule has 0 aliphatic heterocycles. The number of carbonyl (C=O) groups is 1. The van der Waals surface area contributed by atoms with Gasteiger partial charge < -0.3 is 10.4 Å². The van der Waals surface area contributed by atoms with Gasteiger partial charge in [-0.25, -0.2) is 0 Å². The summed E-state index contributed by atoms with van der Waals surface area (Å²) in [6.45, 7) is 3.84. The first-order valence-corrected chi connectivity index (χ1v) is 9.95. The maximum Gasteiger partial charge on any atom is 0.303 e. The Bertz CT molecular complexity index is 697. The number of carboxylic acid groups (broad SMARTS) is 1. The van der Waals surface area contributed by atoms with Crippen LogP contribution in [0.5, 0.6) is 0 Å². The highest BCUT2D eigenvalue weighted by atomic mass is 35.5. The molecule has 4 atom stereocenters. The standard InChI is InChI=1S/C22H28ClNO2/c1-15-7-8-18(21(23)11-15)13-24-14-20-17-10-9-16(12-17)19(20)5-3-2-4-6-22(25)26/h3,5,7-11,16-17,19-20,24H,2,4,6,12-14H2,1H3,(H,25,26)/b5-3-/t16-,17+,19-,20-/m0/s1. The minimum Gasteiger partial charge on any atom is -0.481 e. The van der Waals surface area contributed by atoms with E-state index in [0.717, 1.165) is 36.5 Å². The van der Waals surface area contributed by atoms with E-state index in [1.165, 1.54) is 12.0 Å². The molecule has 0 aromatic heterocycles. The van der Waals surface area contributed by atoms with Gasteiger partial charge in [0.15, 0.2) is 0 Å². The fourth-order valence-corrected chi connectivity index (χ4v) is 4.63. The van der Waals surface area contributed by atoms with Crippen LogP contribution in [0.15, 0.2) is 42.5 Å². The highest BCUT2D eigenvalue weighted by Gasteiger charge is 2.42. The van der Waals surface area contributed by atoms with Crippen molar-refractivity contribution >= 4 is 17.6 Å². The lowest BCUT2D eigenvalue weighted by molar-refractivity contribution is -0.137. The molecule has 2 aliphatic rings. The minimum atomic E-state index is -0.710. The summed E-state index contributed by atoms with van der Waals surface area (Å²) in [7, 11) is 0. The normalized spacial score (nSPS) is 26.8. The van der Waals surface area contributed by atoms with Crippen LogP contribution in [0.4, 0.5) is 0 Å². The maximum atomic E-state index is 10.6. The van der Waals surface area contributed by atoms with Gasteiger partial charge in [0.25, 0.3) is 0 Å². The summed E-state index contributed by atoms with van der Waals surface area (Å²) in [6.07, 6.45) is 12.3. The molecule has 4 heteroatoms. The van der Waals surface area contributed by atoms with Crippen LogP contribution in [0, 0.1) is 30.6 Å². The van der Waals surface area contributed by atoms with Crippen molar-refractivity contribution in [2.75, 3.05) is 6.54 Å². The number of benzene rings is 1. The number of unbranched alkanes of at least 4 members (excludes halogenated alkanes) is 1. The topological polar surface area (TPSA) is 49.3 Å². The molecule has 0 unspecified atom stereocenters. The molecular weight excluding hydrogens is 346 g/mol. The van der Waals surface area contributed by atoms with Crippen molar-refractivity contribution in [1.82, 2.24) is 5.32 Å². The Morgan fingerprint density at radius 3 is 2.92 bits per heavy atom. The average Bonchev–Trinajstić information content (AvgIpc) is 3.18. The second-order valence-electron chi connectivity index (χ2n) is 7.63. The Morgan fingerprint density at radius 1 is 1.35 bits per heavy atom. The molecule has 2 N–H and O–H groups in total. The number of halogens is 1. The van der Waals surface area contributed by atoms with Crippen LogP contribution in [-0.2, 0) is 11.3 Å². The number of rotatable bonds is 9. The summed E-state index contributed by atoms with van der Waals surface area (Å²) >= 11 is 6.33. The third-order valence-corrected chi connectivity index (χ3v) is 6.06. The number of fused-ring (bicyclic) bond motifs is 2. The zero-order valence-corrected chi connectivity index (χ0v) is 16.1. The van der Waals surface area contributed by atoms with Crippen molar-refractivity contribution in [3.8, 4) is 0 Å². The quantitative estimate of drug-likeness (QED) is 0.473. The second kappa shape index (κ2) is 8.88. The van der Waals surface area contributed by atoms with Gasteiger partial charge >= 0.3 is 5.97 Å². The summed E-state index contributed by atoms with van der Waals surface area (Å²) < 4.78 is 0. The van der Waals surface area contributed by atoms with Crippen molar-refractivity contribution in [2.45, 2.75) is 39.2 Å². The molecule has 0 saturated heterocycles. The molecule has 0 radical (unpaired) electrons. The minimum absolute atomic E-state index is 0.253. The van der Waals surface area contributed by atoms with Gasteiger partial charge in [0.2, 0.25) is 0 Å². The third-order valence-electron chi connectivity index (χ3n) is 5.71. The monoisotopic (exact) mass is 373 g/mol. The van der Waals surface area contributed by atoms with Crippen molar-refractivity contribution in [1.29, 1.82) is 0 Å². The molecule has 0 amide bonds. The number of hydrogen-bond acceptors (Lipinski definition) is 2. The maximum absolute atomic E-state index is 10.6. The molecule has 2 aliphatic carbocycles. The van der Waals surface area contributed by atoms with Crippen LogP contribution >= 0.6 is 11.6 Å². The molecule has 2 bridgehead atoms. The van der Waals surface area contributed by atoms with E-state index in [4.69, 9.17) is 16.7 Å². The Labute approximate surface area is 161 Å². The smallest absolute Gasteiger partial charge is 0.303 e. The number of aliphatic carboxylic acids is 1. The highest BCUT2D eigenvalue weighted by molar-refractivity contribution is 6.31. The average molecular weight is 374 g/mol. The fourth-order valence-electron chi connectivity index (χ4n) is 4.33. The van der Waals surface area contributed by atoms with Gasteiger partial charge in [0, 0.05) is 18.0 Å². The van der Waals surface area contributed by atoms with Gasteiger partial charge in [-0.3, -0.25) is 4.79 Å². The van der Waals surface area contributed by atoms with Crippen molar-refractivity contribution in [3.63, 3.8) is 0 Å². The summed E-state index contributed by atoms with van der Waals surface area (Å²) in [5, 5.41) is 13.2. The zero-order valence-electron chi connectivity index (χ0n) is 15.3. The molecule has 3 nitrogen and oxygen atoms in total. The molecule has 0 spiro atoms. The molecule has 1 saturated carbocycles. The molecular formula is C22H28ClNO2. The van der Waals surface area contributed by atoms with Gasteiger partial charge in [0.05, 0.1) is 0 Å². The van der Waals surface area contributed by atoms with Crippen LogP contribution in [0.25, 0.3) is 0 Å². The predicted molar refractivity (Wildman–Crippen MR) is 106 cm³/mol. The molecule has 0 heterocycles. The van der Waals surface area contributed by atoms with Crippen molar-refractivity contribution < 1.29 is 9.90 Å². The number of carboxylic acids is 1. The molecule has 1 aromatic rings. The van der Waals surface area contributed by atoms with E-state index in [2.05, 4.69) is 48.7 Å². The van der Waals surface area contributed by atoms with E-state index in [9.17, 15) is 4.79 Å². The molecule has 140 valence electrons. The largest absolute Gasteiger partial charge is 0.481 e. The van der Waals surface area contributed by atoms with E-state index >= 15 is 0 Å². The summed E-state index contributed by atoms with van der Waals surface area (Å²) in [4.78, 5) is 10.6. The van der Waals surface area contributed by atoms with Crippen LogP contribution in [-0.4, -0.2) is 17.6 Å². The van der Waals surface area contributed by atoms with E-state index < -0.39 is 5.97 Å². The van der Waals surface area contributed by atoms with E-state index in [0.29, 0.717) is 23.7 Å². The first kappa shape index (κ1) is 19.2. The Hall–Kier alpha value is -1.58. The number of nitrogens with one attached hydrogen (secondary N) is 1. The summed E-state index contributed by atoms with van der Waals surface area (Å²) in [5.41, 5.74) is 2.34. The van der Waals surface area contributed by atoms with Gasteiger partial charge in [-0.2, -0.15) is 0 Å². The summed E-state index contributed by atoms with van der Waals surface area (Å²) in [5.74, 6) is 1.78. The first-order chi connectivity index (χ1) is 12.5. The zero-order chi connectivity index (χ0) is 18.5. The van der Waals surface area contributed by atoms with Crippen LogP contribution < -0.4 is 5.32 Å². The Balaban J connectivity index is 1.51. The molecule has 26 heavy (non-hydrogen) atoms. The van der Waals surface area contributed by atoms with E-state index in [1.807, 2.05) is 6.07 Å². The lowest BCUT2D eigenvalue weighted by Gasteiger charge is -2.26. The predicted octanol–water partition coefficient (Wildman–Crippen LogP) is 4.99. The van der Waals surface area contributed by atoms with Gasteiger partial charge in [0.1, 0.15) is 0 Å². The molecule has 3 rings (SSSR count). The van der Waals surface area contributed by atoms with Gasteiger partial charge in [-0.1, -0.05) is 48.0 Å². The van der Waals surface area contributed by atoms with E-state index in [1.54, 1.807) is 0 Å².